The minimum Gasteiger partial charge on any atom is -0.349 e. The van der Waals surface area contributed by atoms with Gasteiger partial charge < -0.3 is 4.74 Å². The lowest BCUT2D eigenvalue weighted by Crippen LogP contribution is -2.51. The Hall–Kier alpha value is -3.92. The van der Waals surface area contributed by atoms with Gasteiger partial charge in [0.2, 0.25) is 29.0 Å². The van der Waals surface area contributed by atoms with Gasteiger partial charge in [0.25, 0.3) is 5.69 Å². The van der Waals surface area contributed by atoms with Gasteiger partial charge in [0.15, 0.2) is 0 Å². The van der Waals surface area contributed by atoms with Crippen molar-refractivity contribution in [2.45, 2.75) is 11.7 Å². The lowest BCUT2D eigenvalue weighted by molar-refractivity contribution is -0.384. The second-order valence-corrected chi connectivity index (χ2v) is 9.78. The number of ether oxygens (including phenoxy) is 1. The standard InChI is InChI=1S/C26H14Cl2N2O7/c27-12-5-7-13(8-6-12)29-24(33)19-20(25(29)34)26(22(31)15-3-1-2-4-16(15)23(26)32)37-21(19)17-10-9-14(30(35)36)11-18(17)28/h1-11,19-21H. The number of anilines is 1. The summed E-state index contributed by atoms with van der Waals surface area (Å²) < 4.78 is 6.15. The molecule has 3 aromatic rings. The van der Waals surface area contributed by atoms with E-state index in [2.05, 4.69) is 0 Å². The molecule has 3 aliphatic rings. The smallest absolute Gasteiger partial charge is 0.270 e. The number of halogens is 2. The molecule has 11 heteroatoms. The van der Waals surface area contributed by atoms with Gasteiger partial charge in [-0.2, -0.15) is 0 Å². The van der Waals surface area contributed by atoms with Crippen LogP contribution in [0.4, 0.5) is 11.4 Å². The summed E-state index contributed by atoms with van der Waals surface area (Å²) in [6.07, 6.45) is -1.30. The van der Waals surface area contributed by atoms with E-state index in [9.17, 15) is 29.3 Å². The minimum atomic E-state index is -2.28. The molecule has 3 aromatic carbocycles. The molecule has 0 bridgehead atoms. The van der Waals surface area contributed by atoms with Gasteiger partial charge in [0.1, 0.15) is 0 Å². The van der Waals surface area contributed by atoms with Gasteiger partial charge in [0, 0.05) is 33.8 Å². The minimum absolute atomic E-state index is 0.0897. The molecule has 2 heterocycles. The van der Waals surface area contributed by atoms with Gasteiger partial charge >= 0.3 is 0 Å². The highest BCUT2D eigenvalue weighted by Gasteiger charge is 2.75. The van der Waals surface area contributed by atoms with Crippen LogP contribution in [-0.4, -0.2) is 33.9 Å². The highest BCUT2D eigenvalue weighted by Crippen LogP contribution is 2.58. The van der Waals surface area contributed by atoms with Crippen LogP contribution in [0.1, 0.15) is 32.4 Å². The molecule has 3 atom stereocenters. The van der Waals surface area contributed by atoms with E-state index in [4.69, 9.17) is 27.9 Å². The third kappa shape index (κ3) is 3.08. The number of benzene rings is 3. The van der Waals surface area contributed by atoms with E-state index in [0.29, 0.717) is 5.02 Å². The molecular weight excluding hydrogens is 523 g/mol. The van der Waals surface area contributed by atoms with Crippen LogP contribution in [0.15, 0.2) is 66.7 Å². The predicted molar refractivity (Wildman–Crippen MR) is 131 cm³/mol. The molecule has 0 radical (unpaired) electrons. The van der Waals surface area contributed by atoms with Crippen molar-refractivity contribution in [1.82, 2.24) is 0 Å². The summed E-state index contributed by atoms with van der Waals surface area (Å²) in [5, 5.41) is 11.5. The summed E-state index contributed by atoms with van der Waals surface area (Å²) in [6, 6.07) is 15.6. The SMILES string of the molecule is O=C1C2C(c3ccc([N+](=O)[O-])cc3Cl)OC3(C(=O)c4ccccc4C3=O)C2C(=O)N1c1ccc(Cl)cc1. The molecule has 184 valence electrons. The van der Waals surface area contributed by atoms with Gasteiger partial charge in [-0.25, -0.2) is 4.90 Å². The highest BCUT2D eigenvalue weighted by molar-refractivity contribution is 6.37. The Labute approximate surface area is 218 Å². The first kappa shape index (κ1) is 23.5. The van der Waals surface area contributed by atoms with E-state index >= 15 is 0 Å². The summed E-state index contributed by atoms with van der Waals surface area (Å²) >= 11 is 12.3. The number of non-ortho nitro benzene ring substituents is 1. The maximum atomic E-state index is 13.9. The van der Waals surface area contributed by atoms with Crippen LogP contribution in [0.2, 0.25) is 10.0 Å². The van der Waals surface area contributed by atoms with Gasteiger partial charge in [-0.3, -0.25) is 29.3 Å². The maximum Gasteiger partial charge on any atom is 0.270 e. The maximum absolute atomic E-state index is 13.9. The lowest BCUT2D eigenvalue weighted by atomic mass is 9.77. The molecule has 6 rings (SSSR count). The summed E-state index contributed by atoms with van der Waals surface area (Å²) in [5.41, 5.74) is -2.03. The van der Waals surface area contributed by atoms with Gasteiger partial charge in [-0.15, -0.1) is 0 Å². The lowest BCUT2D eigenvalue weighted by Gasteiger charge is -2.27. The molecule has 1 aliphatic carbocycles. The van der Waals surface area contributed by atoms with Crippen LogP contribution in [0.5, 0.6) is 0 Å². The third-order valence-corrected chi connectivity index (χ3v) is 7.68. The molecule has 0 N–H and O–H groups in total. The Bertz CT molecular complexity index is 1530. The van der Waals surface area contributed by atoms with Crippen molar-refractivity contribution in [3.05, 3.63) is 104 Å². The number of nitrogens with zero attached hydrogens (tertiary/aromatic N) is 2. The quantitative estimate of drug-likeness (QED) is 0.207. The second kappa shape index (κ2) is 8.04. The Morgan fingerprint density at radius 3 is 2.05 bits per heavy atom. The van der Waals surface area contributed by atoms with Crippen LogP contribution >= 0.6 is 23.2 Å². The average molecular weight is 537 g/mol. The summed E-state index contributed by atoms with van der Waals surface area (Å²) in [5.74, 6) is -5.66. The number of Topliss-reactive ketones (excluding diaryl/α,β-unsaturated/α-hetero) is 2. The van der Waals surface area contributed by atoms with Crippen molar-refractivity contribution in [3.8, 4) is 0 Å². The molecule has 2 aliphatic heterocycles. The Morgan fingerprint density at radius 2 is 1.49 bits per heavy atom. The van der Waals surface area contributed by atoms with Crippen LogP contribution < -0.4 is 4.90 Å². The highest BCUT2D eigenvalue weighted by atomic mass is 35.5. The number of nitro benzene ring substituents is 1. The summed E-state index contributed by atoms with van der Waals surface area (Å²) in [7, 11) is 0. The number of nitro groups is 1. The van der Waals surface area contributed by atoms with Gasteiger partial charge in [-0.05, 0) is 30.3 Å². The number of rotatable bonds is 3. The van der Waals surface area contributed by atoms with Crippen LogP contribution in [-0.2, 0) is 14.3 Å². The van der Waals surface area contributed by atoms with E-state index in [1.165, 1.54) is 48.5 Å². The van der Waals surface area contributed by atoms with E-state index in [1.54, 1.807) is 12.1 Å². The van der Waals surface area contributed by atoms with Crippen molar-refractivity contribution < 1.29 is 28.8 Å². The Morgan fingerprint density at radius 1 is 0.865 bits per heavy atom. The predicted octanol–water partition coefficient (Wildman–Crippen LogP) is 4.60. The fraction of sp³-hybridized carbons (Fsp3) is 0.154. The van der Waals surface area contributed by atoms with Crippen LogP contribution in [0.3, 0.4) is 0 Å². The number of hydrogen-bond donors (Lipinski definition) is 0. The first-order valence-corrected chi connectivity index (χ1v) is 11.9. The number of hydrogen-bond acceptors (Lipinski definition) is 7. The second-order valence-electron chi connectivity index (χ2n) is 8.93. The molecule has 2 fully saturated rings. The summed E-state index contributed by atoms with van der Waals surface area (Å²) in [6.45, 7) is 0. The van der Waals surface area contributed by atoms with Crippen molar-refractivity contribution in [1.29, 1.82) is 0 Å². The van der Waals surface area contributed by atoms with Crippen molar-refractivity contribution >= 4 is 58.0 Å². The van der Waals surface area contributed by atoms with E-state index in [1.807, 2.05) is 0 Å². The molecule has 37 heavy (non-hydrogen) atoms. The zero-order valence-electron chi connectivity index (χ0n) is 18.6. The molecule has 9 nitrogen and oxygen atoms in total. The number of fused-ring (bicyclic) bond motifs is 3. The number of carbonyl (C=O) groups is 4. The molecule has 3 unspecified atom stereocenters. The molecular formula is C26H14Cl2N2O7. The van der Waals surface area contributed by atoms with Crippen molar-refractivity contribution in [2.75, 3.05) is 4.90 Å². The number of imide groups is 1. The van der Waals surface area contributed by atoms with E-state index in [-0.39, 0.29) is 33.1 Å². The van der Waals surface area contributed by atoms with Crippen LogP contribution in [0, 0.1) is 22.0 Å². The Kier molecular flexibility index (Phi) is 5.10. The third-order valence-electron chi connectivity index (χ3n) is 7.11. The van der Waals surface area contributed by atoms with Crippen LogP contribution in [0.25, 0.3) is 0 Å². The van der Waals surface area contributed by atoms with E-state index < -0.39 is 51.8 Å². The normalized spacial score (nSPS) is 23.6. The molecule has 0 saturated carbocycles. The molecule has 2 amide bonds. The van der Waals surface area contributed by atoms with Gasteiger partial charge in [0.05, 0.1) is 33.6 Å². The van der Waals surface area contributed by atoms with Crippen molar-refractivity contribution in [3.63, 3.8) is 0 Å². The fourth-order valence-corrected chi connectivity index (χ4v) is 5.91. The number of carbonyl (C=O) groups excluding carboxylic acids is 4. The Balaban J connectivity index is 1.54. The molecule has 2 saturated heterocycles. The largest absolute Gasteiger partial charge is 0.349 e. The first-order chi connectivity index (χ1) is 17.7. The zero-order chi connectivity index (χ0) is 26.2. The van der Waals surface area contributed by atoms with Crippen molar-refractivity contribution in [2.24, 2.45) is 11.8 Å². The summed E-state index contributed by atoms with van der Waals surface area (Å²) in [4.78, 5) is 66.7. The fourth-order valence-electron chi connectivity index (χ4n) is 5.50. The number of ketones is 2. The van der Waals surface area contributed by atoms with E-state index in [0.717, 1.165) is 11.0 Å². The van der Waals surface area contributed by atoms with Gasteiger partial charge in [-0.1, -0.05) is 47.5 Å². The number of amides is 2. The average Bonchev–Trinajstić information content (AvgIpc) is 3.44. The topological polar surface area (TPSA) is 124 Å². The monoisotopic (exact) mass is 536 g/mol. The molecule has 1 spiro atoms. The zero-order valence-corrected chi connectivity index (χ0v) is 20.1. The molecule has 0 aromatic heterocycles. The first-order valence-electron chi connectivity index (χ1n) is 11.1.